The number of halogens is 2. The monoisotopic (exact) mass is 368 g/mol. The van der Waals surface area contributed by atoms with Gasteiger partial charge in [0.1, 0.15) is 5.75 Å². The van der Waals surface area contributed by atoms with E-state index in [1.165, 1.54) is 18.2 Å². The molecule has 3 rings (SSSR count). The molecule has 27 heavy (non-hydrogen) atoms. The van der Waals surface area contributed by atoms with Crippen LogP contribution in [0.15, 0.2) is 60.7 Å². The maximum Gasteiger partial charge on any atom is 0.387 e. The van der Waals surface area contributed by atoms with E-state index in [1.807, 2.05) is 37.3 Å². The largest absolute Gasteiger partial charge is 0.435 e. The minimum absolute atomic E-state index is 0.0734. The topological polar surface area (TPSA) is 44.1 Å². The Kier molecular flexibility index (Phi) is 5.45. The molecule has 0 saturated carbocycles. The number of nitrogens with zero attached hydrogens (tertiary/aromatic N) is 2. The molecule has 0 aliphatic carbocycles. The maximum absolute atomic E-state index is 12.7. The maximum atomic E-state index is 12.7. The predicted octanol–water partition coefficient (Wildman–Crippen LogP) is 4.99. The number of aromatic nitrogens is 2. The molecule has 0 fully saturated rings. The molecule has 6 heteroatoms. The highest BCUT2D eigenvalue weighted by molar-refractivity contribution is 6.08. The minimum Gasteiger partial charge on any atom is -0.435 e. The van der Waals surface area contributed by atoms with Crippen molar-refractivity contribution in [2.24, 2.45) is 0 Å². The van der Waals surface area contributed by atoms with Crippen molar-refractivity contribution in [3.8, 4) is 11.4 Å². The highest BCUT2D eigenvalue weighted by Gasteiger charge is 2.17. The number of ether oxygens (including phenoxy) is 1. The van der Waals surface area contributed by atoms with Gasteiger partial charge in [0.05, 0.1) is 22.6 Å². The van der Waals surface area contributed by atoms with Crippen LogP contribution >= 0.6 is 0 Å². The Hall–Kier alpha value is -3.28. The van der Waals surface area contributed by atoms with Crippen molar-refractivity contribution < 1.29 is 18.3 Å². The molecule has 0 bridgehead atoms. The number of allylic oxidation sites excluding steroid dienone is 1. The van der Waals surface area contributed by atoms with Crippen molar-refractivity contribution in [3.05, 3.63) is 83.2 Å². The van der Waals surface area contributed by atoms with Gasteiger partial charge in [0.25, 0.3) is 0 Å². The summed E-state index contributed by atoms with van der Waals surface area (Å²) in [6, 6.07) is 15.7. The van der Waals surface area contributed by atoms with E-state index >= 15 is 0 Å². The number of alkyl halides is 2. The van der Waals surface area contributed by atoms with Crippen LogP contribution in [0.1, 0.15) is 27.3 Å². The van der Waals surface area contributed by atoms with E-state index < -0.39 is 6.61 Å². The van der Waals surface area contributed by atoms with E-state index in [4.69, 9.17) is 0 Å². The first kappa shape index (κ1) is 18.5. The Morgan fingerprint density at radius 2 is 1.74 bits per heavy atom. The standard InChI is InChI=1S/C21H18F2N2O2/c1-14-20(15(2)25(24-14)17-6-4-3-5-7-17)19(26)13-10-16-8-11-18(12-9-16)27-21(22)23/h3-13,21H,1-2H3. The molecule has 4 nitrogen and oxygen atoms in total. The van der Waals surface area contributed by atoms with E-state index in [0.29, 0.717) is 16.8 Å². The molecule has 2 aromatic carbocycles. The summed E-state index contributed by atoms with van der Waals surface area (Å²) < 4.78 is 30.4. The SMILES string of the molecule is Cc1nn(-c2ccccc2)c(C)c1C(=O)C=Cc1ccc(OC(F)F)cc1. The first-order valence-electron chi connectivity index (χ1n) is 8.34. The number of hydrogen-bond donors (Lipinski definition) is 0. The third kappa shape index (κ3) is 4.28. The molecule has 0 unspecified atom stereocenters. The average molecular weight is 368 g/mol. The second kappa shape index (κ2) is 7.95. The molecule has 0 atom stereocenters. The molecule has 0 aliphatic heterocycles. The zero-order valence-corrected chi connectivity index (χ0v) is 14.9. The molecular formula is C21H18F2N2O2. The number of para-hydroxylation sites is 1. The summed E-state index contributed by atoms with van der Waals surface area (Å²) in [6.07, 6.45) is 3.09. The van der Waals surface area contributed by atoms with Gasteiger partial charge in [-0.15, -0.1) is 0 Å². The normalized spacial score (nSPS) is 11.3. The third-order valence-corrected chi connectivity index (χ3v) is 4.07. The van der Waals surface area contributed by atoms with Gasteiger partial charge in [-0.3, -0.25) is 4.79 Å². The van der Waals surface area contributed by atoms with Gasteiger partial charge in [0.15, 0.2) is 5.78 Å². The Morgan fingerprint density at radius 3 is 2.37 bits per heavy atom. The average Bonchev–Trinajstić information content (AvgIpc) is 2.95. The van der Waals surface area contributed by atoms with Crippen molar-refractivity contribution in [2.75, 3.05) is 0 Å². The predicted molar refractivity (Wildman–Crippen MR) is 99.5 cm³/mol. The van der Waals surface area contributed by atoms with Crippen LogP contribution in [-0.4, -0.2) is 22.2 Å². The smallest absolute Gasteiger partial charge is 0.387 e. The number of ketones is 1. The highest BCUT2D eigenvalue weighted by Crippen LogP contribution is 2.20. The van der Waals surface area contributed by atoms with E-state index in [2.05, 4.69) is 9.84 Å². The molecule has 1 aromatic heterocycles. The van der Waals surface area contributed by atoms with Gasteiger partial charge in [0, 0.05) is 0 Å². The fourth-order valence-corrected chi connectivity index (χ4v) is 2.84. The van der Waals surface area contributed by atoms with Crippen LogP contribution in [0.25, 0.3) is 11.8 Å². The zero-order valence-electron chi connectivity index (χ0n) is 14.9. The van der Waals surface area contributed by atoms with Gasteiger partial charge in [-0.2, -0.15) is 13.9 Å². The van der Waals surface area contributed by atoms with E-state index in [9.17, 15) is 13.6 Å². The molecule has 138 valence electrons. The summed E-state index contributed by atoms with van der Waals surface area (Å²) in [7, 11) is 0. The fourth-order valence-electron chi connectivity index (χ4n) is 2.84. The van der Waals surface area contributed by atoms with Gasteiger partial charge in [-0.1, -0.05) is 36.4 Å². The van der Waals surface area contributed by atoms with Crippen LogP contribution in [0.4, 0.5) is 8.78 Å². The number of rotatable bonds is 6. The quantitative estimate of drug-likeness (QED) is 0.455. The minimum atomic E-state index is -2.86. The summed E-state index contributed by atoms with van der Waals surface area (Å²) in [5.74, 6) is -0.0932. The summed E-state index contributed by atoms with van der Waals surface area (Å²) >= 11 is 0. The number of carbonyl (C=O) groups is 1. The van der Waals surface area contributed by atoms with Gasteiger partial charge in [0.2, 0.25) is 0 Å². The van der Waals surface area contributed by atoms with E-state index in [1.54, 1.807) is 29.8 Å². The molecule has 3 aromatic rings. The lowest BCUT2D eigenvalue weighted by Gasteiger charge is -2.04. The molecule has 0 spiro atoms. The van der Waals surface area contributed by atoms with Crippen LogP contribution in [0.2, 0.25) is 0 Å². The first-order valence-corrected chi connectivity index (χ1v) is 8.34. The summed E-state index contributed by atoms with van der Waals surface area (Å²) in [5, 5.41) is 4.47. The van der Waals surface area contributed by atoms with Crippen molar-refractivity contribution in [1.82, 2.24) is 9.78 Å². The second-order valence-electron chi connectivity index (χ2n) is 5.94. The van der Waals surface area contributed by atoms with Crippen LogP contribution in [0.5, 0.6) is 5.75 Å². The lowest BCUT2D eigenvalue weighted by atomic mass is 10.1. The Bertz CT molecular complexity index is 962. The molecule has 1 heterocycles. The lowest BCUT2D eigenvalue weighted by molar-refractivity contribution is -0.0498. The summed E-state index contributed by atoms with van der Waals surface area (Å²) in [5.41, 5.74) is 3.54. The van der Waals surface area contributed by atoms with Gasteiger partial charge >= 0.3 is 6.61 Å². The van der Waals surface area contributed by atoms with E-state index in [0.717, 1.165) is 11.4 Å². The Morgan fingerprint density at radius 1 is 1.07 bits per heavy atom. The molecule has 0 N–H and O–H groups in total. The van der Waals surface area contributed by atoms with Crippen LogP contribution in [0, 0.1) is 13.8 Å². The van der Waals surface area contributed by atoms with Crippen LogP contribution in [-0.2, 0) is 0 Å². The van der Waals surface area contributed by atoms with Crippen LogP contribution in [0.3, 0.4) is 0 Å². The van der Waals surface area contributed by atoms with Crippen LogP contribution < -0.4 is 4.74 Å². The third-order valence-electron chi connectivity index (χ3n) is 4.07. The molecule has 0 radical (unpaired) electrons. The first-order chi connectivity index (χ1) is 13.0. The number of hydrogen-bond acceptors (Lipinski definition) is 3. The summed E-state index contributed by atoms with van der Waals surface area (Å²) in [4.78, 5) is 12.7. The fraction of sp³-hybridized carbons (Fsp3) is 0.143. The van der Waals surface area contributed by atoms with Gasteiger partial charge < -0.3 is 4.74 Å². The summed E-state index contributed by atoms with van der Waals surface area (Å²) in [6.45, 7) is 0.786. The molecule has 0 aliphatic rings. The second-order valence-corrected chi connectivity index (χ2v) is 5.94. The highest BCUT2D eigenvalue weighted by atomic mass is 19.3. The van der Waals surface area contributed by atoms with Crippen molar-refractivity contribution >= 4 is 11.9 Å². The van der Waals surface area contributed by atoms with Gasteiger partial charge in [-0.05, 0) is 49.8 Å². The zero-order chi connectivity index (χ0) is 19.4. The van der Waals surface area contributed by atoms with Crippen molar-refractivity contribution in [1.29, 1.82) is 0 Å². The van der Waals surface area contributed by atoms with Crippen molar-refractivity contribution in [3.63, 3.8) is 0 Å². The number of carbonyl (C=O) groups excluding carboxylic acids is 1. The van der Waals surface area contributed by atoms with E-state index in [-0.39, 0.29) is 11.5 Å². The molecule has 0 saturated heterocycles. The Balaban J connectivity index is 1.80. The molecule has 0 amide bonds. The number of benzene rings is 2. The van der Waals surface area contributed by atoms with Gasteiger partial charge in [-0.25, -0.2) is 4.68 Å². The Labute approximate surface area is 155 Å². The molecular weight excluding hydrogens is 350 g/mol. The lowest BCUT2D eigenvalue weighted by Crippen LogP contribution is -2.02. The number of aryl methyl sites for hydroxylation is 1. The van der Waals surface area contributed by atoms with Crippen molar-refractivity contribution in [2.45, 2.75) is 20.5 Å².